The highest BCUT2D eigenvalue weighted by molar-refractivity contribution is 7.99. The Hall–Kier alpha value is -2.11. The number of benzene rings is 1. The third-order valence-corrected chi connectivity index (χ3v) is 8.73. The summed E-state index contributed by atoms with van der Waals surface area (Å²) in [7, 11) is -3.11. The molecule has 1 aliphatic carbocycles. The van der Waals surface area contributed by atoms with Gasteiger partial charge in [0.05, 0.1) is 36.5 Å². The Morgan fingerprint density at radius 3 is 2.53 bits per heavy atom. The third kappa shape index (κ3) is 4.65. The fourth-order valence-corrected chi connectivity index (χ4v) is 6.88. The second kappa shape index (κ2) is 9.03. The van der Waals surface area contributed by atoms with Gasteiger partial charge in [-0.2, -0.15) is 0 Å². The van der Waals surface area contributed by atoms with E-state index in [1.54, 1.807) is 4.90 Å². The molecule has 0 N–H and O–H groups in total. The number of carbonyl (C=O) groups excluding carboxylic acids is 1. The van der Waals surface area contributed by atoms with Crippen LogP contribution < -0.4 is 9.80 Å². The SMILES string of the molecule is O=C(CSc1nnc(N2CCOCC2)n1C1CC1)N(c1ccccc1)C1CCS(=O)(=O)C1. The molecule has 1 aromatic carbocycles. The van der Waals surface area contributed by atoms with Crippen LogP contribution in [0.5, 0.6) is 0 Å². The van der Waals surface area contributed by atoms with Crippen LogP contribution in [-0.2, 0) is 19.4 Å². The van der Waals surface area contributed by atoms with E-state index in [0.717, 1.165) is 42.7 Å². The van der Waals surface area contributed by atoms with Gasteiger partial charge >= 0.3 is 0 Å². The van der Waals surface area contributed by atoms with E-state index in [2.05, 4.69) is 19.7 Å². The number of morpholine rings is 1. The number of nitrogens with zero attached hydrogens (tertiary/aromatic N) is 5. The minimum Gasteiger partial charge on any atom is -0.378 e. The zero-order valence-corrected chi connectivity index (χ0v) is 19.4. The number of para-hydroxylation sites is 1. The van der Waals surface area contributed by atoms with E-state index in [9.17, 15) is 13.2 Å². The molecular formula is C21H27N5O4S2. The highest BCUT2D eigenvalue weighted by Gasteiger charge is 2.36. The lowest BCUT2D eigenvalue weighted by Gasteiger charge is -2.29. The molecule has 172 valence electrons. The zero-order chi connectivity index (χ0) is 22.1. The Labute approximate surface area is 192 Å². The van der Waals surface area contributed by atoms with Crippen molar-refractivity contribution in [2.45, 2.75) is 36.5 Å². The summed E-state index contributed by atoms with van der Waals surface area (Å²) in [6.07, 6.45) is 2.65. The Morgan fingerprint density at radius 1 is 1.12 bits per heavy atom. The molecule has 0 radical (unpaired) electrons. The largest absolute Gasteiger partial charge is 0.378 e. The molecule has 32 heavy (non-hydrogen) atoms. The van der Waals surface area contributed by atoms with Gasteiger partial charge in [0.2, 0.25) is 11.9 Å². The quantitative estimate of drug-likeness (QED) is 0.557. The molecule has 3 aliphatic rings. The standard InChI is InChI=1S/C21H27N5O4S2/c27-19(25(16-4-2-1-3-5-16)18-8-13-32(28,29)15-18)14-31-21-23-22-20(26(21)17-6-7-17)24-9-11-30-12-10-24/h1-5,17-18H,6-15H2. The predicted octanol–water partition coefficient (Wildman–Crippen LogP) is 1.76. The van der Waals surface area contributed by atoms with E-state index in [1.165, 1.54) is 11.8 Å². The van der Waals surface area contributed by atoms with E-state index in [4.69, 9.17) is 4.74 Å². The molecule has 3 fully saturated rings. The van der Waals surface area contributed by atoms with Gasteiger partial charge in [0, 0.05) is 24.8 Å². The maximum Gasteiger partial charge on any atom is 0.237 e. The summed E-state index contributed by atoms with van der Waals surface area (Å²) < 4.78 is 31.8. The molecule has 0 bridgehead atoms. The number of hydrogen-bond acceptors (Lipinski definition) is 8. The van der Waals surface area contributed by atoms with Crippen molar-refractivity contribution in [1.29, 1.82) is 0 Å². The van der Waals surface area contributed by atoms with Crippen LogP contribution in [0.1, 0.15) is 25.3 Å². The van der Waals surface area contributed by atoms with Crippen LogP contribution in [0.3, 0.4) is 0 Å². The Morgan fingerprint density at radius 2 is 1.88 bits per heavy atom. The van der Waals surface area contributed by atoms with Gasteiger partial charge in [-0.05, 0) is 31.4 Å². The molecule has 2 aliphatic heterocycles. The molecule has 1 aromatic heterocycles. The highest BCUT2D eigenvalue weighted by atomic mass is 32.2. The Kier molecular flexibility index (Phi) is 6.13. The van der Waals surface area contributed by atoms with Crippen LogP contribution in [0.4, 0.5) is 11.6 Å². The maximum atomic E-state index is 13.3. The van der Waals surface area contributed by atoms with Crippen molar-refractivity contribution in [1.82, 2.24) is 14.8 Å². The van der Waals surface area contributed by atoms with E-state index in [0.29, 0.717) is 25.7 Å². The highest BCUT2D eigenvalue weighted by Crippen LogP contribution is 2.41. The van der Waals surface area contributed by atoms with Gasteiger partial charge < -0.3 is 14.5 Å². The van der Waals surface area contributed by atoms with E-state index in [-0.39, 0.29) is 29.2 Å². The third-order valence-electron chi connectivity index (χ3n) is 6.05. The number of sulfone groups is 1. The molecule has 1 atom stereocenters. The van der Waals surface area contributed by atoms with E-state index in [1.807, 2.05) is 30.3 Å². The number of carbonyl (C=O) groups is 1. The predicted molar refractivity (Wildman–Crippen MR) is 123 cm³/mol. The monoisotopic (exact) mass is 477 g/mol. The number of ether oxygens (including phenoxy) is 1. The molecule has 2 aromatic rings. The molecule has 2 saturated heterocycles. The summed E-state index contributed by atoms with van der Waals surface area (Å²) in [6, 6.07) is 9.38. The van der Waals surface area contributed by atoms with Crippen LogP contribution in [0, 0.1) is 0 Å². The molecule has 5 rings (SSSR count). The summed E-state index contributed by atoms with van der Waals surface area (Å²) in [4.78, 5) is 17.2. The number of anilines is 2. The lowest BCUT2D eigenvalue weighted by atomic mass is 10.2. The van der Waals surface area contributed by atoms with Crippen LogP contribution in [-0.4, -0.2) is 78.7 Å². The Balaban J connectivity index is 1.34. The van der Waals surface area contributed by atoms with Gasteiger partial charge in [-0.15, -0.1) is 10.2 Å². The molecule has 11 heteroatoms. The first-order valence-electron chi connectivity index (χ1n) is 11.0. The molecule has 3 heterocycles. The number of amides is 1. The summed E-state index contributed by atoms with van der Waals surface area (Å²) in [5.41, 5.74) is 0.734. The lowest BCUT2D eigenvalue weighted by molar-refractivity contribution is -0.116. The second-order valence-corrected chi connectivity index (χ2v) is 11.6. The number of aromatic nitrogens is 3. The second-order valence-electron chi connectivity index (χ2n) is 8.43. The fourth-order valence-electron chi connectivity index (χ4n) is 4.32. The first kappa shape index (κ1) is 21.7. The maximum absolute atomic E-state index is 13.3. The smallest absolute Gasteiger partial charge is 0.237 e. The van der Waals surface area contributed by atoms with Gasteiger partial charge in [-0.1, -0.05) is 30.0 Å². The van der Waals surface area contributed by atoms with E-state index >= 15 is 0 Å². The topological polar surface area (TPSA) is 97.6 Å². The van der Waals surface area contributed by atoms with Crippen molar-refractivity contribution in [2.24, 2.45) is 0 Å². The normalized spacial score (nSPS) is 22.8. The van der Waals surface area contributed by atoms with Gasteiger partial charge in [0.25, 0.3) is 0 Å². The van der Waals surface area contributed by atoms with Crippen LogP contribution >= 0.6 is 11.8 Å². The van der Waals surface area contributed by atoms with Crippen molar-refractivity contribution < 1.29 is 17.9 Å². The number of thioether (sulfide) groups is 1. The molecule has 9 nitrogen and oxygen atoms in total. The van der Waals surface area contributed by atoms with Crippen LogP contribution in [0.2, 0.25) is 0 Å². The zero-order valence-electron chi connectivity index (χ0n) is 17.8. The van der Waals surface area contributed by atoms with Crippen LogP contribution in [0.25, 0.3) is 0 Å². The lowest BCUT2D eigenvalue weighted by Crippen LogP contribution is -2.42. The van der Waals surface area contributed by atoms with E-state index < -0.39 is 9.84 Å². The summed E-state index contributed by atoms with van der Waals surface area (Å²) in [5, 5.41) is 9.59. The van der Waals surface area contributed by atoms with Gasteiger partial charge in [0.15, 0.2) is 15.0 Å². The van der Waals surface area contributed by atoms with Gasteiger partial charge in [-0.3, -0.25) is 9.36 Å². The van der Waals surface area contributed by atoms with Crippen molar-refractivity contribution in [2.75, 3.05) is 53.4 Å². The first-order valence-corrected chi connectivity index (χ1v) is 13.8. The molecule has 1 saturated carbocycles. The number of hydrogen-bond donors (Lipinski definition) is 0. The Bertz CT molecular complexity index is 1070. The summed E-state index contributed by atoms with van der Waals surface area (Å²) in [6.45, 7) is 2.92. The number of rotatable bonds is 7. The van der Waals surface area contributed by atoms with Crippen molar-refractivity contribution in [3.05, 3.63) is 30.3 Å². The molecule has 1 amide bonds. The van der Waals surface area contributed by atoms with Crippen molar-refractivity contribution in [3.63, 3.8) is 0 Å². The van der Waals surface area contributed by atoms with Crippen LogP contribution in [0.15, 0.2) is 35.5 Å². The summed E-state index contributed by atoms with van der Waals surface area (Å²) in [5.74, 6) is 1.06. The molecule has 0 spiro atoms. The minimum atomic E-state index is -3.11. The van der Waals surface area contributed by atoms with Gasteiger partial charge in [0.1, 0.15) is 0 Å². The molecule has 1 unspecified atom stereocenters. The first-order chi connectivity index (χ1) is 15.5. The van der Waals surface area contributed by atoms with Crippen molar-refractivity contribution >= 4 is 39.1 Å². The average Bonchev–Trinajstić information content (AvgIpc) is 3.45. The average molecular weight is 478 g/mol. The van der Waals surface area contributed by atoms with Gasteiger partial charge in [-0.25, -0.2) is 8.42 Å². The fraction of sp³-hybridized carbons (Fsp3) is 0.571. The minimum absolute atomic E-state index is 0.0116. The molecular weight excluding hydrogens is 450 g/mol. The van der Waals surface area contributed by atoms with Crippen molar-refractivity contribution in [3.8, 4) is 0 Å². The summed E-state index contributed by atoms with van der Waals surface area (Å²) >= 11 is 1.38.